The summed E-state index contributed by atoms with van der Waals surface area (Å²) in [6.07, 6.45) is 1.13. The summed E-state index contributed by atoms with van der Waals surface area (Å²) in [6.45, 7) is 6.25. The molecule has 0 bridgehead atoms. The minimum absolute atomic E-state index is 0. The number of nitrogens with one attached hydrogen (secondary N) is 2. The predicted molar refractivity (Wildman–Crippen MR) is 128 cm³/mol. The third kappa shape index (κ3) is 6.76. The Labute approximate surface area is 189 Å². The largest absolute Gasteiger partial charge is 0.495 e. The number of rotatable bonds is 7. The monoisotopic (exact) mass is 512 g/mol. The first-order valence-electron chi connectivity index (χ1n) is 9.84. The molecule has 2 N–H and O–H groups in total. The third-order valence-corrected chi connectivity index (χ3v) is 4.95. The Morgan fingerprint density at radius 2 is 1.93 bits per heavy atom. The van der Waals surface area contributed by atoms with Crippen molar-refractivity contribution in [3.05, 3.63) is 59.9 Å². The van der Waals surface area contributed by atoms with Gasteiger partial charge in [0.2, 0.25) is 0 Å². The molecule has 5 nitrogen and oxygen atoms in total. The van der Waals surface area contributed by atoms with E-state index >= 15 is 0 Å². The summed E-state index contributed by atoms with van der Waals surface area (Å²) in [6, 6.07) is 14.6. The predicted octanol–water partition coefficient (Wildman–Crippen LogP) is 4.03. The molecule has 1 aliphatic heterocycles. The van der Waals surface area contributed by atoms with E-state index in [4.69, 9.17) is 4.74 Å². The van der Waals surface area contributed by atoms with Crippen LogP contribution in [0, 0.1) is 11.7 Å². The van der Waals surface area contributed by atoms with Crippen LogP contribution < -0.4 is 20.3 Å². The van der Waals surface area contributed by atoms with Gasteiger partial charge in [0, 0.05) is 26.2 Å². The molecule has 2 aromatic rings. The maximum Gasteiger partial charge on any atom is 0.191 e. The zero-order valence-corrected chi connectivity index (χ0v) is 19.4. The number of hydrogen-bond donors (Lipinski definition) is 2. The molecular weight excluding hydrogens is 482 g/mol. The minimum atomic E-state index is -0.224. The molecule has 1 fully saturated rings. The number of benzene rings is 2. The summed E-state index contributed by atoms with van der Waals surface area (Å²) in [4.78, 5) is 7.00. The van der Waals surface area contributed by atoms with Crippen molar-refractivity contribution in [3.63, 3.8) is 0 Å². The van der Waals surface area contributed by atoms with Crippen LogP contribution in [0.15, 0.2) is 53.5 Å². The molecule has 1 unspecified atom stereocenters. The molecule has 0 aromatic heterocycles. The maximum atomic E-state index is 13.0. The Hall–Kier alpha value is -2.03. The van der Waals surface area contributed by atoms with Crippen molar-refractivity contribution in [2.24, 2.45) is 10.9 Å². The number of guanidine groups is 1. The van der Waals surface area contributed by atoms with Gasteiger partial charge in [0.05, 0.1) is 19.3 Å². The first-order chi connectivity index (χ1) is 13.7. The van der Waals surface area contributed by atoms with E-state index in [1.165, 1.54) is 12.1 Å². The number of para-hydroxylation sites is 2. The highest BCUT2D eigenvalue weighted by Crippen LogP contribution is 2.31. The van der Waals surface area contributed by atoms with Crippen LogP contribution in [-0.2, 0) is 6.54 Å². The molecule has 7 heteroatoms. The van der Waals surface area contributed by atoms with Gasteiger partial charge in [0.25, 0.3) is 0 Å². The summed E-state index contributed by atoms with van der Waals surface area (Å²) in [5, 5.41) is 6.73. The van der Waals surface area contributed by atoms with Gasteiger partial charge in [0.15, 0.2) is 5.96 Å². The number of aliphatic imine (C=N–C) groups is 1. The molecule has 1 heterocycles. The maximum absolute atomic E-state index is 13.0. The lowest BCUT2D eigenvalue weighted by Crippen LogP contribution is -2.40. The van der Waals surface area contributed by atoms with Crippen molar-refractivity contribution >= 4 is 35.6 Å². The second-order valence-corrected chi connectivity index (χ2v) is 6.98. The number of anilines is 1. The Bertz CT molecular complexity index is 785. The van der Waals surface area contributed by atoms with E-state index in [0.717, 1.165) is 55.6 Å². The van der Waals surface area contributed by atoms with Crippen molar-refractivity contribution in [1.29, 1.82) is 0 Å². The molecule has 1 atom stereocenters. The normalized spacial score (nSPS) is 16.3. The molecule has 1 saturated heterocycles. The summed E-state index contributed by atoms with van der Waals surface area (Å²) >= 11 is 0. The van der Waals surface area contributed by atoms with Gasteiger partial charge in [-0.2, -0.15) is 0 Å². The molecule has 0 aliphatic carbocycles. The van der Waals surface area contributed by atoms with Crippen molar-refractivity contribution in [1.82, 2.24) is 10.6 Å². The Morgan fingerprint density at radius 3 is 2.66 bits per heavy atom. The first-order valence-corrected chi connectivity index (χ1v) is 9.84. The highest BCUT2D eigenvalue weighted by Gasteiger charge is 2.24. The molecule has 158 valence electrons. The average molecular weight is 512 g/mol. The van der Waals surface area contributed by atoms with Gasteiger partial charge < -0.3 is 20.3 Å². The van der Waals surface area contributed by atoms with Crippen LogP contribution in [-0.4, -0.2) is 39.2 Å². The molecule has 0 radical (unpaired) electrons. The summed E-state index contributed by atoms with van der Waals surface area (Å²) in [7, 11) is 1.72. The van der Waals surface area contributed by atoms with Crippen LogP contribution in [0.25, 0.3) is 0 Å². The lowest BCUT2D eigenvalue weighted by molar-refractivity contribution is 0.414. The SMILES string of the molecule is CCNC(=NCc1ccc(F)cc1)NCC1CCN(c2ccccc2OC)C1.I. The smallest absolute Gasteiger partial charge is 0.191 e. The van der Waals surface area contributed by atoms with Gasteiger partial charge in [0.1, 0.15) is 11.6 Å². The summed E-state index contributed by atoms with van der Waals surface area (Å²) in [5.74, 6) is 2.03. The van der Waals surface area contributed by atoms with E-state index in [2.05, 4.69) is 32.7 Å². The second-order valence-electron chi connectivity index (χ2n) is 6.98. The fraction of sp³-hybridized carbons (Fsp3) is 0.409. The van der Waals surface area contributed by atoms with E-state index in [9.17, 15) is 4.39 Å². The molecule has 0 saturated carbocycles. The van der Waals surface area contributed by atoms with Crippen LogP contribution in [0.3, 0.4) is 0 Å². The van der Waals surface area contributed by atoms with Crippen LogP contribution in [0.2, 0.25) is 0 Å². The second kappa shape index (κ2) is 11.8. The molecule has 2 aromatic carbocycles. The van der Waals surface area contributed by atoms with Gasteiger partial charge in [-0.15, -0.1) is 24.0 Å². The minimum Gasteiger partial charge on any atom is -0.495 e. The zero-order valence-electron chi connectivity index (χ0n) is 17.0. The van der Waals surface area contributed by atoms with Crippen LogP contribution in [0.1, 0.15) is 18.9 Å². The number of nitrogens with zero attached hydrogens (tertiary/aromatic N) is 2. The zero-order chi connectivity index (χ0) is 19.8. The van der Waals surface area contributed by atoms with E-state index in [1.807, 2.05) is 19.1 Å². The van der Waals surface area contributed by atoms with E-state index in [-0.39, 0.29) is 29.8 Å². The van der Waals surface area contributed by atoms with Crippen LogP contribution in [0.4, 0.5) is 10.1 Å². The van der Waals surface area contributed by atoms with Crippen LogP contribution in [0.5, 0.6) is 5.75 Å². The third-order valence-electron chi connectivity index (χ3n) is 4.95. The van der Waals surface area contributed by atoms with Crippen LogP contribution >= 0.6 is 24.0 Å². The van der Waals surface area contributed by atoms with Gasteiger partial charge in [-0.3, -0.25) is 0 Å². The molecule has 0 spiro atoms. The molecule has 1 aliphatic rings. The number of methoxy groups -OCH3 is 1. The molecule has 29 heavy (non-hydrogen) atoms. The fourth-order valence-electron chi connectivity index (χ4n) is 3.45. The standard InChI is InChI=1S/C22H29FN4O.HI/c1-3-24-22(25-14-17-8-10-19(23)11-9-17)26-15-18-12-13-27(16-18)20-6-4-5-7-21(20)28-2;/h4-11,18H,3,12-16H2,1-2H3,(H2,24,25,26);1H. The van der Waals surface area contributed by atoms with Gasteiger partial charge in [-0.25, -0.2) is 9.38 Å². The number of ether oxygens (including phenoxy) is 1. The quantitative estimate of drug-likeness (QED) is 0.334. The van der Waals surface area contributed by atoms with Gasteiger partial charge >= 0.3 is 0 Å². The topological polar surface area (TPSA) is 48.9 Å². The first kappa shape index (κ1) is 23.3. The van der Waals surface area contributed by atoms with Gasteiger partial charge in [-0.05, 0) is 49.1 Å². The van der Waals surface area contributed by atoms with Crippen molar-refractivity contribution in [2.75, 3.05) is 38.2 Å². The van der Waals surface area contributed by atoms with E-state index in [0.29, 0.717) is 12.5 Å². The highest BCUT2D eigenvalue weighted by molar-refractivity contribution is 14.0. The summed E-state index contributed by atoms with van der Waals surface area (Å²) in [5.41, 5.74) is 2.14. The molecule has 3 rings (SSSR count). The Morgan fingerprint density at radius 1 is 1.17 bits per heavy atom. The lowest BCUT2D eigenvalue weighted by Gasteiger charge is -2.21. The summed E-state index contributed by atoms with van der Waals surface area (Å²) < 4.78 is 18.5. The average Bonchev–Trinajstić information content (AvgIpc) is 3.20. The van der Waals surface area contributed by atoms with Crippen molar-refractivity contribution in [3.8, 4) is 5.75 Å². The molecular formula is C22H30FIN4O. The highest BCUT2D eigenvalue weighted by atomic mass is 127. The Balaban J connectivity index is 0.00000300. The number of halogens is 2. The van der Waals surface area contributed by atoms with Crippen molar-refractivity contribution < 1.29 is 9.13 Å². The number of hydrogen-bond acceptors (Lipinski definition) is 3. The van der Waals surface area contributed by atoms with Crippen molar-refractivity contribution in [2.45, 2.75) is 19.9 Å². The Kier molecular flexibility index (Phi) is 9.50. The van der Waals surface area contributed by atoms with E-state index < -0.39 is 0 Å². The van der Waals surface area contributed by atoms with E-state index in [1.54, 1.807) is 19.2 Å². The molecule has 0 amide bonds. The fourth-order valence-corrected chi connectivity index (χ4v) is 3.45. The lowest BCUT2D eigenvalue weighted by atomic mass is 10.1. The van der Waals surface area contributed by atoms with Gasteiger partial charge in [-0.1, -0.05) is 24.3 Å².